The molecule has 35 heavy (non-hydrogen) atoms. The minimum atomic E-state index is -0.0169. The summed E-state index contributed by atoms with van der Waals surface area (Å²) in [4.78, 5) is 2.34. The van der Waals surface area contributed by atoms with Gasteiger partial charge in [0.1, 0.15) is 0 Å². The molecule has 1 nitrogen and oxygen atoms in total. The van der Waals surface area contributed by atoms with Crippen LogP contribution in [-0.2, 0) is 5.41 Å². The lowest BCUT2D eigenvalue weighted by atomic mass is 9.82. The van der Waals surface area contributed by atoms with Crippen molar-refractivity contribution < 1.29 is 0 Å². The molecule has 0 radical (unpaired) electrons. The van der Waals surface area contributed by atoms with Gasteiger partial charge in [-0.05, 0) is 57.1 Å². The Balaban J connectivity index is 1.49. The van der Waals surface area contributed by atoms with Crippen LogP contribution in [0.15, 0.2) is 121 Å². The molecule has 0 amide bonds. The van der Waals surface area contributed by atoms with Gasteiger partial charge in [0.15, 0.2) is 0 Å². The molecule has 0 aromatic heterocycles. The van der Waals surface area contributed by atoms with E-state index in [4.69, 9.17) is 0 Å². The molecule has 0 unspecified atom stereocenters. The summed E-state index contributed by atoms with van der Waals surface area (Å²) in [6.45, 7) is 4.68. The number of anilines is 2. The first-order valence-corrected chi connectivity index (χ1v) is 12.3. The zero-order valence-electron chi connectivity index (χ0n) is 20.5. The summed E-state index contributed by atoms with van der Waals surface area (Å²) in [6, 6.07) is 43.9. The fourth-order valence-corrected chi connectivity index (χ4v) is 5.52. The van der Waals surface area contributed by atoms with Crippen molar-refractivity contribution >= 4 is 11.4 Å². The van der Waals surface area contributed by atoms with Gasteiger partial charge in [-0.15, -0.1) is 0 Å². The van der Waals surface area contributed by atoms with Crippen LogP contribution in [0.2, 0.25) is 0 Å². The third kappa shape index (κ3) is 3.56. The summed E-state index contributed by atoms with van der Waals surface area (Å²) < 4.78 is 0. The fourth-order valence-electron chi connectivity index (χ4n) is 5.52. The molecule has 1 heteroatoms. The van der Waals surface area contributed by atoms with Gasteiger partial charge in [-0.3, -0.25) is 0 Å². The second-order valence-electron chi connectivity index (χ2n) is 9.92. The second-order valence-corrected chi connectivity index (χ2v) is 9.92. The maximum absolute atomic E-state index is 2.39. The number of fused-ring (bicyclic) bond motifs is 3. The van der Waals surface area contributed by atoms with Crippen molar-refractivity contribution in [2.24, 2.45) is 0 Å². The molecule has 5 aromatic carbocycles. The molecule has 0 saturated carbocycles. The lowest BCUT2D eigenvalue weighted by Crippen LogP contribution is -2.16. The van der Waals surface area contributed by atoms with E-state index in [0.717, 1.165) is 0 Å². The summed E-state index contributed by atoms with van der Waals surface area (Å²) in [5.41, 5.74) is 12.8. The molecule has 0 aliphatic heterocycles. The van der Waals surface area contributed by atoms with Gasteiger partial charge in [-0.1, -0.05) is 117 Å². The number of hydrogen-bond acceptors (Lipinski definition) is 1. The van der Waals surface area contributed by atoms with Crippen LogP contribution in [0.1, 0.15) is 25.0 Å². The highest BCUT2D eigenvalue weighted by Crippen LogP contribution is 2.50. The largest absolute Gasteiger partial charge is 0.344 e. The highest BCUT2D eigenvalue weighted by Gasteiger charge is 2.35. The zero-order valence-corrected chi connectivity index (χ0v) is 20.5. The van der Waals surface area contributed by atoms with Gasteiger partial charge in [-0.25, -0.2) is 0 Å². The topological polar surface area (TPSA) is 3.24 Å². The summed E-state index contributed by atoms with van der Waals surface area (Å²) in [7, 11) is 2.19. The van der Waals surface area contributed by atoms with Crippen molar-refractivity contribution in [1.29, 1.82) is 0 Å². The molecular formula is C34H29N. The van der Waals surface area contributed by atoms with Crippen LogP contribution >= 0.6 is 0 Å². The molecular weight excluding hydrogens is 422 g/mol. The van der Waals surface area contributed by atoms with Crippen LogP contribution in [0.5, 0.6) is 0 Å². The Morgan fingerprint density at radius 3 is 1.83 bits per heavy atom. The van der Waals surface area contributed by atoms with Crippen LogP contribution in [0.3, 0.4) is 0 Å². The normalized spacial score (nSPS) is 13.2. The van der Waals surface area contributed by atoms with E-state index in [1.165, 1.54) is 55.9 Å². The van der Waals surface area contributed by atoms with E-state index in [1.54, 1.807) is 0 Å². The Labute approximate surface area is 208 Å². The van der Waals surface area contributed by atoms with E-state index < -0.39 is 0 Å². The van der Waals surface area contributed by atoms with Crippen LogP contribution < -0.4 is 4.90 Å². The first-order valence-electron chi connectivity index (χ1n) is 12.3. The molecule has 5 aromatic rings. The molecule has 0 fully saturated rings. The average molecular weight is 452 g/mol. The smallest absolute Gasteiger partial charge is 0.0494 e. The maximum atomic E-state index is 2.39. The molecule has 170 valence electrons. The predicted octanol–water partition coefficient (Wildman–Crippen LogP) is 9.09. The molecule has 1 aliphatic rings. The Hall–Kier alpha value is -4.10. The average Bonchev–Trinajstić information content (AvgIpc) is 3.15. The van der Waals surface area contributed by atoms with Gasteiger partial charge >= 0.3 is 0 Å². The van der Waals surface area contributed by atoms with Gasteiger partial charge in [0.2, 0.25) is 0 Å². The van der Waals surface area contributed by atoms with E-state index in [1.807, 2.05) is 0 Å². The predicted molar refractivity (Wildman–Crippen MR) is 149 cm³/mol. The Kier molecular flexibility index (Phi) is 5.07. The third-order valence-electron chi connectivity index (χ3n) is 7.51. The van der Waals surface area contributed by atoms with E-state index >= 15 is 0 Å². The number of hydrogen-bond donors (Lipinski definition) is 0. The number of rotatable bonds is 4. The fraction of sp³-hybridized carbons (Fsp3) is 0.118. The molecule has 0 atom stereocenters. The van der Waals surface area contributed by atoms with Crippen LogP contribution in [-0.4, -0.2) is 7.05 Å². The van der Waals surface area contributed by atoms with Crippen molar-refractivity contribution in [3.8, 4) is 33.4 Å². The minimum Gasteiger partial charge on any atom is -0.344 e. The highest BCUT2D eigenvalue weighted by molar-refractivity contribution is 5.88. The lowest BCUT2D eigenvalue weighted by Gasteiger charge is -2.27. The van der Waals surface area contributed by atoms with Gasteiger partial charge in [0, 0.05) is 29.4 Å². The van der Waals surface area contributed by atoms with E-state index in [0.29, 0.717) is 0 Å². The second kappa shape index (κ2) is 8.29. The Bertz CT molecular complexity index is 1510. The summed E-state index contributed by atoms with van der Waals surface area (Å²) in [5, 5.41) is 0. The molecule has 0 saturated heterocycles. The summed E-state index contributed by atoms with van der Waals surface area (Å²) >= 11 is 0. The van der Waals surface area contributed by atoms with Crippen molar-refractivity contribution in [1.82, 2.24) is 0 Å². The monoisotopic (exact) mass is 451 g/mol. The van der Waals surface area contributed by atoms with Crippen molar-refractivity contribution in [2.75, 3.05) is 11.9 Å². The number of benzene rings is 5. The zero-order chi connectivity index (χ0) is 24.0. The van der Waals surface area contributed by atoms with Gasteiger partial charge in [-0.2, -0.15) is 0 Å². The maximum Gasteiger partial charge on any atom is 0.0494 e. The first kappa shape index (κ1) is 21.4. The van der Waals surface area contributed by atoms with Gasteiger partial charge < -0.3 is 4.90 Å². The standard InChI is InChI=1S/C34H29N/c1-34(2)31-17-11-10-16-29(31)30-21-19-27(23-32(30)34)35(3)33-22-26(24-12-6-4-7-13-24)18-20-28(33)25-14-8-5-9-15-25/h4-23H,1-3H3. The molecule has 6 rings (SSSR count). The highest BCUT2D eigenvalue weighted by atomic mass is 15.1. The molecule has 0 N–H and O–H groups in total. The van der Waals surface area contributed by atoms with Crippen molar-refractivity contribution in [2.45, 2.75) is 19.3 Å². The Morgan fingerprint density at radius 1 is 0.486 bits per heavy atom. The molecule has 0 spiro atoms. The van der Waals surface area contributed by atoms with Gasteiger partial charge in [0.25, 0.3) is 0 Å². The Morgan fingerprint density at radius 2 is 1.09 bits per heavy atom. The molecule has 0 heterocycles. The van der Waals surface area contributed by atoms with E-state index in [-0.39, 0.29) is 5.41 Å². The first-order chi connectivity index (χ1) is 17.0. The van der Waals surface area contributed by atoms with E-state index in [2.05, 4.69) is 147 Å². The molecule has 1 aliphatic carbocycles. The SMILES string of the molecule is CN(c1ccc2c(c1)C(C)(C)c1ccccc1-2)c1cc(-c2ccccc2)ccc1-c1ccccc1. The summed E-state index contributed by atoms with van der Waals surface area (Å²) in [6.07, 6.45) is 0. The van der Waals surface area contributed by atoms with Crippen molar-refractivity contribution in [3.63, 3.8) is 0 Å². The quantitative estimate of drug-likeness (QED) is 0.263. The van der Waals surface area contributed by atoms with Gasteiger partial charge in [0.05, 0.1) is 0 Å². The third-order valence-corrected chi connectivity index (χ3v) is 7.51. The minimum absolute atomic E-state index is 0.0169. The van der Waals surface area contributed by atoms with Crippen LogP contribution in [0, 0.1) is 0 Å². The lowest BCUT2D eigenvalue weighted by molar-refractivity contribution is 0.660. The van der Waals surface area contributed by atoms with Crippen LogP contribution in [0.25, 0.3) is 33.4 Å². The van der Waals surface area contributed by atoms with Crippen LogP contribution in [0.4, 0.5) is 11.4 Å². The number of nitrogens with zero attached hydrogens (tertiary/aromatic N) is 1. The molecule has 0 bridgehead atoms. The summed E-state index contributed by atoms with van der Waals surface area (Å²) in [5.74, 6) is 0. The van der Waals surface area contributed by atoms with E-state index in [9.17, 15) is 0 Å². The van der Waals surface area contributed by atoms with Crippen molar-refractivity contribution in [3.05, 3.63) is 132 Å².